The number of nitrogens with one attached hydrogen (secondary N) is 3. The molecule has 4 rings (SSSR count). The van der Waals surface area contributed by atoms with Gasteiger partial charge in [-0.15, -0.1) is 10.2 Å². The SMILES string of the molecule is O=C(NCc1ccccc1)NC1(C(=O)NCc2nnc3ccccn23)CCCC1. The van der Waals surface area contributed by atoms with Crippen molar-refractivity contribution in [3.8, 4) is 0 Å². The Bertz CT molecular complexity index is 995. The number of nitrogens with zero attached hydrogens (tertiary/aromatic N) is 3. The second-order valence-corrected chi connectivity index (χ2v) is 7.31. The van der Waals surface area contributed by atoms with Crippen LogP contribution in [0.3, 0.4) is 0 Å². The van der Waals surface area contributed by atoms with Crippen LogP contribution in [0, 0.1) is 0 Å². The van der Waals surface area contributed by atoms with E-state index in [2.05, 4.69) is 26.1 Å². The summed E-state index contributed by atoms with van der Waals surface area (Å²) in [6, 6.07) is 15.0. The summed E-state index contributed by atoms with van der Waals surface area (Å²) in [5.41, 5.74) is 0.846. The highest BCUT2D eigenvalue weighted by Crippen LogP contribution is 2.30. The zero-order chi connectivity index (χ0) is 20.1. The Morgan fingerprint density at radius 2 is 1.69 bits per heavy atom. The van der Waals surface area contributed by atoms with Crippen LogP contribution in [0.1, 0.15) is 37.1 Å². The molecule has 0 atom stereocenters. The number of fused-ring (bicyclic) bond motifs is 1. The monoisotopic (exact) mass is 392 g/mol. The molecule has 0 spiro atoms. The third kappa shape index (κ3) is 4.21. The molecule has 0 radical (unpaired) electrons. The number of aromatic nitrogens is 3. The van der Waals surface area contributed by atoms with Gasteiger partial charge in [-0.2, -0.15) is 0 Å². The van der Waals surface area contributed by atoms with Crippen LogP contribution in [-0.4, -0.2) is 32.1 Å². The summed E-state index contributed by atoms with van der Waals surface area (Å²) in [4.78, 5) is 25.5. The molecule has 1 aromatic carbocycles. The Kier molecular flexibility index (Phi) is 5.41. The third-order valence-electron chi connectivity index (χ3n) is 5.33. The maximum Gasteiger partial charge on any atom is 0.315 e. The highest BCUT2D eigenvalue weighted by atomic mass is 16.2. The molecule has 29 heavy (non-hydrogen) atoms. The number of carbonyl (C=O) groups is 2. The van der Waals surface area contributed by atoms with E-state index in [1.165, 1.54) is 0 Å². The van der Waals surface area contributed by atoms with Gasteiger partial charge in [-0.05, 0) is 30.5 Å². The van der Waals surface area contributed by atoms with Gasteiger partial charge >= 0.3 is 6.03 Å². The van der Waals surface area contributed by atoms with Crippen LogP contribution in [0.2, 0.25) is 0 Å². The molecule has 150 valence electrons. The average molecular weight is 392 g/mol. The van der Waals surface area contributed by atoms with Crippen molar-refractivity contribution < 1.29 is 9.59 Å². The number of rotatable bonds is 6. The van der Waals surface area contributed by atoms with Gasteiger partial charge in [-0.1, -0.05) is 49.2 Å². The van der Waals surface area contributed by atoms with Crippen molar-refractivity contribution in [2.24, 2.45) is 0 Å². The third-order valence-corrected chi connectivity index (χ3v) is 5.33. The zero-order valence-corrected chi connectivity index (χ0v) is 16.1. The lowest BCUT2D eigenvalue weighted by molar-refractivity contribution is -0.127. The summed E-state index contributed by atoms with van der Waals surface area (Å²) in [6.07, 6.45) is 4.91. The minimum atomic E-state index is -0.888. The van der Waals surface area contributed by atoms with Crippen LogP contribution in [0.25, 0.3) is 5.65 Å². The molecule has 0 saturated heterocycles. The molecule has 0 unspecified atom stereocenters. The van der Waals surface area contributed by atoms with Gasteiger partial charge < -0.3 is 16.0 Å². The summed E-state index contributed by atoms with van der Waals surface area (Å²) in [6.45, 7) is 0.662. The first-order valence-electron chi connectivity index (χ1n) is 9.83. The lowest BCUT2D eigenvalue weighted by Crippen LogP contribution is -2.59. The average Bonchev–Trinajstić information content (AvgIpc) is 3.39. The summed E-state index contributed by atoms with van der Waals surface area (Å²) < 4.78 is 1.83. The molecule has 3 aromatic rings. The van der Waals surface area contributed by atoms with Crippen molar-refractivity contribution in [3.63, 3.8) is 0 Å². The highest BCUT2D eigenvalue weighted by molar-refractivity contribution is 5.91. The topological polar surface area (TPSA) is 100 Å². The Labute approximate surface area is 168 Å². The fourth-order valence-corrected chi connectivity index (χ4v) is 3.77. The Balaban J connectivity index is 1.38. The van der Waals surface area contributed by atoms with E-state index >= 15 is 0 Å². The van der Waals surface area contributed by atoms with Gasteiger partial charge in [0.05, 0.1) is 6.54 Å². The molecule has 8 nitrogen and oxygen atoms in total. The van der Waals surface area contributed by atoms with E-state index in [0.717, 1.165) is 24.1 Å². The van der Waals surface area contributed by atoms with Gasteiger partial charge in [0, 0.05) is 12.7 Å². The number of hydrogen-bond acceptors (Lipinski definition) is 4. The second kappa shape index (κ2) is 8.30. The molecule has 1 aliphatic carbocycles. The molecule has 3 amide bonds. The summed E-state index contributed by atoms with van der Waals surface area (Å²) >= 11 is 0. The fraction of sp³-hybridized carbons (Fsp3) is 0.333. The summed E-state index contributed by atoms with van der Waals surface area (Å²) in [5, 5.41) is 16.9. The van der Waals surface area contributed by atoms with Crippen molar-refractivity contribution in [2.45, 2.75) is 44.3 Å². The maximum absolute atomic E-state index is 13.0. The van der Waals surface area contributed by atoms with Crippen LogP contribution >= 0.6 is 0 Å². The fourth-order valence-electron chi connectivity index (χ4n) is 3.77. The summed E-state index contributed by atoms with van der Waals surface area (Å²) in [5.74, 6) is 0.466. The van der Waals surface area contributed by atoms with E-state index in [9.17, 15) is 9.59 Å². The Hall–Kier alpha value is -3.42. The Morgan fingerprint density at radius 3 is 2.48 bits per heavy atom. The number of urea groups is 1. The van der Waals surface area contributed by atoms with Crippen molar-refractivity contribution in [3.05, 3.63) is 66.1 Å². The van der Waals surface area contributed by atoms with E-state index in [1.807, 2.05) is 59.1 Å². The van der Waals surface area contributed by atoms with Gasteiger partial charge in [0.15, 0.2) is 11.5 Å². The number of pyridine rings is 1. The number of carbonyl (C=O) groups excluding carboxylic acids is 2. The van der Waals surface area contributed by atoms with E-state index in [-0.39, 0.29) is 18.5 Å². The largest absolute Gasteiger partial charge is 0.347 e. The first-order valence-corrected chi connectivity index (χ1v) is 9.83. The molecular weight excluding hydrogens is 368 g/mol. The van der Waals surface area contributed by atoms with E-state index in [4.69, 9.17) is 0 Å². The zero-order valence-electron chi connectivity index (χ0n) is 16.1. The van der Waals surface area contributed by atoms with Crippen molar-refractivity contribution in [1.29, 1.82) is 0 Å². The number of amides is 3. The molecule has 0 bridgehead atoms. The van der Waals surface area contributed by atoms with Gasteiger partial charge in [0.25, 0.3) is 0 Å². The highest BCUT2D eigenvalue weighted by Gasteiger charge is 2.42. The lowest BCUT2D eigenvalue weighted by Gasteiger charge is -2.29. The van der Waals surface area contributed by atoms with Crippen molar-refractivity contribution in [2.75, 3.05) is 0 Å². The van der Waals surface area contributed by atoms with Crippen LogP contribution in [0.15, 0.2) is 54.7 Å². The van der Waals surface area contributed by atoms with E-state index in [1.54, 1.807) is 0 Å². The predicted molar refractivity (Wildman–Crippen MR) is 108 cm³/mol. The second-order valence-electron chi connectivity index (χ2n) is 7.31. The number of hydrogen-bond donors (Lipinski definition) is 3. The van der Waals surface area contributed by atoms with Gasteiger partial charge in [-0.3, -0.25) is 9.20 Å². The standard InChI is InChI=1S/C21H24N6O2/c28-19(22-15-18-26-25-17-10-4-7-13-27(17)18)21(11-5-6-12-21)24-20(29)23-14-16-8-2-1-3-9-16/h1-4,7-10,13H,5-6,11-12,14-15H2,(H,22,28)(H2,23,24,29). The number of benzene rings is 1. The minimum absolute atomic E-state index is 0.183. The first-order chi connectivity index (χ1) is 14.2. The quantitative estimate of drug-likeness (QED) is 0.598. The van der Waals surface area contributed by atoms with Gasteiger partial charge in [-0.25, -0.2) is 4.79 Å². The molecule has 2 aromatic heterocycles. The van der Waals surface area contributed by atoms with Crippen LogP contribution in [0.5, 0.6) is 0 Å². The van der Waals surface area contributed by atoms with E-state index < -0.39 is 5.54 Å². The van der Waals surface area contributed by atoms with Crippen molar-refractivity contribution in [1.82, 2.24) is 30.5 Å². The maximum atomic E-state index is 13.0. The molecule has 1 aliphatic rings. The van der Waals surface area contributed by atoms with Crippen LogP contribution in [0.4, 0.5) is 4.79 Å². The van der Waals surface area contributed by atoms with E-state index in [0.29, 0.717) is 25.2 Å². The van der Waals surface area contributed by atoms with Gasteiger partial charge in [0.1, 0.15) is 5.54 Å². The van der Waals surface area contributed by atoms with Crippen LogP contribution < -0.4 is 16.0 Å². The molecule has 2 heterocycles. The summed E-state index contributed by atoms with van der Waals surface area (Å²) in [7, 11) is 0. The predicted octanol–water partition coefficient (Wildman–Crippen LogP) is 2.16. The van der Waals surface area contributed by atoms with Gasteiger partial charge in [0.2, 0.25) is 5.91 Å². The first kappa shape index (κ1) is 18.9. The Morgan fingerprint density at radius 1 is 0.931 bits per heavy atom. The lowest BCUT2D eigenvalue weighted by atomic mass is 9.96. The molecular formula is C21H24N6O2. The molecule has 8 heteroatoms. The minimum Gasteiger partial charge on any atom is -0.347 e. The van der Waals surface area contributed by atoms with Crippen molar-refractivity contribution >= 4 is 17.6 Å². The molecule has 1 fully saturated rings. The smallest absolute Gasteiger partial charge is 0.315 e. The molecule has 1 saturated carbocycles. The normalized spacial score (nSPS) is 15.2. The molecule has 3 N–H and O–H groups in total. The van der Waals surface area contributed by atoms with Crippen LogP contribution in [-0.2, 0) is 17.9 Å². The molecule has 0 aliphatic heterocycles.